The summed E-state index contributed by atoms with van der Waals surface area (Å²) in [6, 6.07) is 6.87. The molecule has 6 nitrogen and oxygen atoms in total. The minimum atomic E-state index is -3.44. The third-order valence-electron chi connectivity index (χ3n) is 4.11. The van der Waals surface area contributed by atoms with Gasteiger partial charge < -0.3 is 10.6 Å². The van der Waals surface area contributed by atoms with Gasteiger partial charge >= 0.3 is 0 Å². The lowest BCUT2D eigenvalue weighted by molar-refractivity contribution is 0.410. The van der Waals surface area contributed by atoms with Gasteiger partial charge in [-0.05, 0) is 50.8 Å². The van der Waals surface area contributed by atoms with Crippen molar-refractivity contribution in [3.8, 4) is 0 Å². The fourth-order valence-corrected chi connectivity index (χ4v) is 3.57. The van der Waals surface area contributed by atoms with E-state index in [0.717, 1.165) is 31.0 Å². The Kier molecular flexibility index (Phi) is 9.08. The monoisotopic (exact) mass is 382 g/mol. The van der Waals surface area contributed by atoms with E-state index in [4.69, 9.17) is 0 Å². The minimum Gasteiger partial charge on any atom is -0.357 e. The van der Waals surface area contributed by atoms with Gasteiger partial charge in [-0.1, -0.05) is 26.0 Å². The van der Waals surface area contributed by atoms with Crippen molar-refractivity contribution in [2.45, 2.75) is 58.5 Å². The molecule has 1 aromatic rings. The molecule has 0 amide bonds. The highest BCUT2D eigenvalue weighted by atomic mass is 32.2. The Morgan fingerprint density at radius 1 is 1.12 bits per heavy atom. The van der Waals surface area contributed by atoms with E-state index in [0.29, 0.717) is 17.4 Å². The molecular weight excluding hydrogens is 348 g/mol. The molecule has 0 atom stereocenters. The minimum absolute atomic E-state index is 0.0798. The van der Waals surface area contributed by atoms with E-state index >= 15 is 0 Å². The Morgan fingerprint density at radius 3 is 2.23 bits per heavy atom. The van der Waals surface area contributed by atoms with Crippen LogP contribution < -0.4 is 10.6 Å². The first-order chi connectivity index (χ1) is 12.2. The predicted molar refractivity (Wildman–Crippen MR) is 109 cm³/mol. The third-order valence-corrected chi connectivity index (χ3v) is 6.15. The lowest BCUT2D eigenvalue weighted by atomic mass is 10.1. The van der Waals surface area contributed by atoms with Crippen molar-refractivity contribution < 1.29 is 8.42 Å². The quantitative estimate of drug-likeness (QED) is 0.509. The highest BCUT2D eigenvalue weighted by molar-refractivity contribution is 7.89. The van der Waals surface area contributed by atoms with Gasteiger partial charge in [-0.25, -0.2) is 13.4 Å². The zero-order valence-electron chi connectivity index (χ0n) is 16.9. The molecule has 1 rings (SSSR count). The van der Waals surface area contributed by atoms with Crippen LogP contribution in [0.25, 0.3) is 0 Å². The molecule has 7 heteroatoms. The molecule has 0 saturated carbocycles. The van der Waals surface area contributed by atoms with Gasteiger partial charge in [0, 0.05) is 26.2 Å². The smallest absolute Gasteiger partial charge is 0.243 e. The number of rotatable bonds is 9. The molecule has 0 aliphatic rings. The first kappa shape index (κ1) is 22.4. The van der Waals surface area contributed by atoms with Crippen molar-refractivity contribution in [1.29, 1.82) is 0 Å². The molecule has 0 spiro atoms. The Balaban J connectivity index is 2.78. The molecule has 0 radical (unpaired) electrons. The second-order valence-corrected chi connectivity index (χ2v) is 9.06. The summed E-state index contributed by atoms with van der Waals surface area (Å²) in [6.45, 7) is 12.3. The number of hydrogen-bond donors (Lipinski definition) is 2. The van der Waals surface area contributed by atoms with Crippen LogP contribution >= 0.6 is 0 Å². The van der Waals surface area contributed by atoms with Gasteiger partial charge in [-0.2, -0.15) is 4.31 Å². The second kappa shape index (κ2) is 10.5. The number of sulfonamides is 1. The summed E-state index contributed by atoms with van der Waals surface area (Å²) >= 11 is 0. The molecule has 0 aliphatic heterocycles. The maximum absolute atomic E-state index is 12.5. The van der Waals surface area contributed by atoms with E-state index in [2.05, 4.69) is 29.5 Å². The Labute approximate surface area is 159 Å². The number of benzene rings is 1. The molecule has 26 heavy (non-hydrogen) atoms. The van der Waals surface area contributed by atoms with E-state index in [1.54, 1.807) is 19.2 Å². The zero-order chi connectivity index (χ0) is 19.7. The SMILES string of the molecule is CCNC(=NCc1ccc(S(=O)(=O)N(C)C(C)C)cc1)NCCC(C)C. The fraction of sp³-hybridized carbons (Fsp3) is 0.632. The van der Waals surface area contributed by atoms with E-state index < -0.39 is 10.0 Å². The van der Waals surface area contributed by atoms with Crippen LogP contribution in [0.1, 0.15) is 46.6 Å². The first-order valence-electron chi connectivity index (χ1n) is 9.27. The van der Waals surface area contributed by atoms with Crippen molar-refractivity contribution in [1.82, 2.24) is 14.9 Å². The van der Waals surface area contributed by atoms with Gasteiger partial charge in [0.1, 0.15) is 0 Å². The van der Waals surface area contributed by atoms with Crippen LogP contribution in [-0.2, 0) is 16.6 Å². The summed E-state index contributed by atoms with van der Waals surface area (Å²) in [4.78, 5) is 4.88. The molecule has 0 aliphatic carbocycles. The fourth-order valence-electron chi connectivity index (χ4n) is 2.20. The average molecular weight is 383 g/mol. The van der Waals surface area contributed by atoms with Crippen molar-refractivity contribution in [2.75, 3.05) is 20.1 Å². The van der Waals surface area contributed by atoms with Gasteiger partial charge in [0.2, 0.25) is 10.0 Å². The maximum atomic E-state index is 12.5. The predicted octanol–water partition coefficient (Wildman–Crippen LogP) is 2.82. The van der Waals surface area contributed by atoms with Crippen LogP contribution in [0.15, 0.2) is 34.2 Å². The summed E-state index contributed by atoms with van der Waals surface area (Å²) in [5, 5.41) is 6.55. The second-order valence-electron chi connectivity index (χ2n) is 7.06. The molecule has 0 aromatic heterocycles. The van der Waals surface area contributed by atoms with Crippen molar-refractivity contribution in [3.05, 3.63) is 29.8 Å². The molecule has 0 saturated heterocycles. The molecule has 2 N–H and O–H groups in total. The summed E-state index contributed by atoms with van der Waals surface area (Å²) in [6.07, 6.45) is 1.08. The third kappa shape index (κ3) is 6.96. The Hall–Kier alpha value is -1.60. The maximum Gasteiger partial charge on any atom is 0.243 e. The topological polar surface area (TPSA) is 73.8 Å². The van der Waals surface area contributed by atoms with Crippen LogP contribution in [0, 0.1) is 5.92 Å². The number of nitrogens with zero attached hydrogens (tertiary/aromatic N) is 2. The van der Waals surface area contributed by atoms with Gasteiger partial charge in [0.15, 0.2) is 5.96 Å². The normalized spacial score (nSPS) is 12.9. The van der Waals surface area contributed by atoms with Crippen molar-refractivity contribution in [3.63, 3.8) is 0 Å². The standard InChI is InChI=1S/C19H34N4O2S/c1-7-20-19(21-13-12-15(2)3)22-14-17-8-10-18(11-9-17)26(24,25)23(6)16(4)5/h8-11,15-16H,7,12-14H2,1-6H3,(H2,20,21,22). The van der Waals surface area contributed by atoms with Gasteiger partial charge in [0.05, 0.1) is 11.4 Å². The van der Waals surface area contributed by atoms with Crippen LogP contribution in [0.5, 0.6) is 0 Å². The highest BCUT2D eigenvalue weighted by Crippen LogP contribution is 2.17. The van der Waals surface area contributed by atoms with Crippen LogP contribution in [0.2, 0.25) is 0 Å². The number of aliphatic imine (C=N–C) groups is 1. The van der Waals surface area contributed by atoms with Crippen molar-refractivity contribution in [2.24, 2.45) is 10.9 Å². The summed E-state index contributed by atoms with van der Waals surface area (Å²) in [7, 11) is -1.84. The molecule has 1 aromatic carbocycles. The zero-order valence-corrected chi connectivity index (χ0v) is 17.7. The Morgan fingerprint density at radius 2 is 1.73 bits per heavy atom. The highest BCUT2D eigenvalue weighted by Gasteiger charge is 2.22. The number of hydrogen-bond acceptors (Lipinski definition) is 3. The summed E-state index contributed by atoms with van der Waals surface area (Å²) in [5.41, 5.74) is 0.970. The molecule has 0 fully saturated rings. The first-order valence-corrected chi connectivity index (χ1v) is 10.7. The molecule has 0 heterocycles. The van der Waals surface area contributed by atoms with Gasteiger partial charge in [-0.3, -0.25) is 0 Å². The summed E-state index contributed by atoms with van der Waals surface area (Å²) < 4.78 is 26.4. The largest absolute Gasteiger partial charge is 0.357 e. The van der Waals surface area contributed by atoms with E-state index in [-0.39, 0.29) is 6.04 Å². The van der Waals surface area contributed by atoms with E-state index in [1.807, 2.05) is 32.9 Å². The van der Waals surface area contributed by atoms with E-state index in [9.17, 15) is 8.42 Å². The van der Waals surface area contributed by atoms with Crippen molar-refractivity contribution >= 4 is 16.0 Å². The molecule has 148 valence electrons. The average Bonchev–Trinajstić information content (AvgIpc) is 2.58. The number of nitrogens with one attached hydrogen (secondary N) is 2. The van der Waals surface area contributed by atoms with Gasteiger partial charge in [-0.15, -0.1) is 0 Å². The van der Waals surface area contributed by atoms with Gasteiger partial charge in [0.25, 0.3) is 0 Å². The number of guanidine groups is 1. The van der Waals surface area contributed by atoms with Crippen LogP contribution in [0.3, 0.4) is 0 Å². The summed E-state index contributed by atoms with van der Waals surface area (Å²) in [5.74, 6) is 1.42. The van der Waals surface area contributed by atoms with E-state index in [1.165, 1.54) is 4.31 Å². The van der Waals surface area contributed by atoms with Crippen LogP contribution in [-0.4, -0.2) is 44.9 Å². The molecular formula is C19H34N4O2S. The lowest BCUT2D eigenvalue weighted by Gasteiger charge is -2.21. The Bertz CT molecular complexity index is 667. The molecule has 0 bridgehead atoms. The molecule has 0 unspecified atom stereocenters. The van der Waals surface area contributed by atoms with Crippen LogP contribution in [0.4, 0.5) is 0 Å². The lowest BCUT2D eigenvalue weighted by Crippen LogP contribution is -2.38.